The van der Waals surface area contributed by atoms with Crippen LogP contribution in [0.3, 0.4) is 0 Å². The number of sulfone groups is 1. The summed E-state index contributed by atoms with van der Waals surface area (Å²) in [6.45, 7) is 0. The number of benzene rings is 1. The van der Waals surface area contributed by atoms with E-state index < -0.39 is 21.4 Å². The highest BCUT2D eigenvalue weighted by molar-refractivity contribution is 7.94. The van der Waals surface area contributed by atoms with Crippen LogP contribution in [0, 0.1) is 0 Å². The van der Waals surface area contributed by atoms with Gasteiger partial charge in [-0.3, -0.25) is 19.1 Å². The molecule has 0 fully saturated rings. The number of hydrogen-bond acceptors (Lipinski definition) is 8. The molecule has 3 heterocycles. The van der Waals surface area contributed by atoms with E-state index >= 15 is 0 Å². The van der Waals surface area contributed by atoms with Crippen molar-refractivity contribution in [2.75, 3.05) is 12.8 Å². The van der Waals surface area contributed by atoms with Crippen molar-refractivity contribution in [1.82, 2.24) is 14.5 Å². The average Bonchev–Trinajstić information content (AvgIpc) is 3.26. The highest BCUT2D eigenvalue weighted by Gasteiger charge is 2.21. The molecule has 4 aromatic rings. The summed E-state index contributed by atoms with van der Waals surface area (Å²) in [7, 11) is -2.18. The molecule has 0 saturated carbocycles. The van der Waals surface area contributed by atoms with Crippen LogP contribution >= 0.6 is 22.9 Å². The lowest BCUT2D eigenvalue weighted by atomic mass is 10.1. The number of hydrogen-bond donors (Lipinski definition) is 1. The standard InChI is InChI=1S/C22H18ClN5O4S2/c1-25-21(24)14-3-4-16-17(9-14)27-12-28(22(16)30)19-6-2-13(10-26-19)8-15(29)11-34(31,32)20-7-5-18(23)33-20/h2-7,9-10,12H,8,11H2,1H3,(H2,24,25). The molecule has 1 aromatic carbocycles. The Morgan fingerprint density at radius 2 is 1.97 bits per heavy atom. The summed E-state index contributed by atoms with van der Waals surface area (Å²) in [6, 6.07) is 11.1. The van der Waals surface area contributed by atoms with Crippen molar-refractivity contribution in [3.05, 3.63) is 80.8 Å². The van der Waals surface area contributed by atoms with Gasteiger partial charge in [-0.25, -0.2) is 18.4 Å². The predicted molar refractivity (Wildman–Crippen MR) is 132 cm³/mol. The van der Waals surface area contributed by atoms with Crippen LogP contribution in [0.1, 0.15) is 11.1 Å². The third kappa shape index (κ3) is 4.91. The van der Waals surface area contributed by atoms with Crippen molar-refractivity contribution in [2.24, 2.45) is 10.7 Å². The van der Waals surface area contributed by atoms with Crippen LogP contribution in [0.15, 0.2) is 69.0 Å². The van der Waals surface area contributed by atoms with Crippen molar-refractivity contribution in [1.29, 1.82) is 0 Å². The molecule has 12 heteroatoms. The quantitative estimate of drug-likeness (QED) is 0.294. The molecule has 0 aliphatic heterocycles. The number of carbonyl (C=O) groups is 1. The molecule has 174 valence electrons. The molecule has 34 heavy (non-hydrogen) atoms. The number of fused-ring (bicyclic) bond motifs is 1. The van der Waals surface area contributed by atoms with E-state index in [0.717, 1.165) is 11.3 Å². The molecule has 9 nitrogen and oxygen atoms in total. The Balaban J connectivity index is 1.52. The van der Waals surface area contributed by atoms with E-state index in [1.54, 1.807) is 37.4 Å². The van der Waals surface area contributed by atoms with Gasteiger partial charge in [0.2, 0.25) is 0 Å². The molecule has 0 amide bonds. The van der Waals surface area contributed by atoms with E-state index in [-0.39, 0.29) is 16.2 Å². The SMILES string of the molecule is CN=C(N)c1ccc2c(=O)n(-c3ccc(CC(=O)CS(=O)(=O)c4ccc(Cl)s4)cn3)cnc2c1. The minimum absolute atomic E-state index is 0.0549. The minimum Gasteiger partial charge on any atom is -0.384 e. The van der Waals surface area contributed by atoms with Crippen LogP contribution in [0.4, 0.5) is 0 Å². The van der Waals surface area contributed by atoms with Gasteiger partial charge in [0, 0.05) is 25.2 Å². The Hall–Kier alpha value is -3.41. The van der Waals surface area contributed by atoms with Crippen LogP contribution < -0.4 is 11.3 Å². The van der Waals surface area contributed by atoms with Crippen molar-refractivity contribution in [3.8, 4) is 5.82 Å². The molecule has 2 N–H and O–H groups in total. The van der Waals surface area contributed by atoms with E-state index in [9.17, 15) is 18.0 Å². The number of carbonyl (C=O) groups excluding carboxylic acids is 1. The smallest absolute Gasteiger partial charge is 0.266 e. The number of rotatable bonds is 7. The number of nitrogens with zero attached hydrogens (tertiary/aromatic N) is 4. The van der Waals surface area contributed by atoms with E-state index in [2.05, 4.69) is 15.0 Å². The molecule has 0 saturated heterocycles. The minimum atomic E-state index is -3.75. The maximum absolute atomic E-state index is 12.9. The Morgan fingerprint density at radius 3 is 2.62 bits per heavy atom. The number of aliphatic imine (C=N–C) groups is 1. The third-order valence-electron chi connectivity index (χ3n) is 4.96. The van der Waals surface area contributed by atoms with E-state index in [1.807, 2.05) is 0 Å². The maximum atomic E-state index is 12.9. The van der Waals surface area contributed by atoms with Crippen LogP contribution in [0.25, 0.3) is 16.7 Å². The summed E-state index contributed by atoms with van der Waals surface area (Å²) in [5, 5.41) is 0.384. The number of ketones is 1. The molecule has 0 atom stereocenters. The van der Waals surface area contributed by atoms with Crippen LogP contribution in [0.5, 0.6) is 0 Å². The molecule has 0 aliphatic rings. The highest BCUT2D eigenvalue weighted by atomic mass is 35.5. The molecule has 0 radical (unpaired) electrons. The van der Waals surface area contributed by atoms with Gasteiger partial charge in [0.1, 0.15) is 27.9 Å². The number of Topliss-reactive ketones (excluding diaryl/α,β-unsaturated/α-hetero) is 1. The number of halogens is 1. The van der Waals surface area contributed by atoms with Crippen molar-refractivity contribution in [2.45, 2.75) is 10.6 Å². The van der Waals surface area contributed by atoms with Crippen LogP contribution in [-0.2, 0) is 21.1 Å². The normalized spacial score (nSPS) is 12.2. The first-order chi connectivity index (χ1) is 16.2. The topological polar surface area (TPSA) is 137 Å². The zero-order valence-corrected chi connectivity index (χ0v) is 20.2. The van der Waals surface area contributed by atoms with Gasteiger partial charge in [-0.05, 0) is 35.9 Å². The lowest BCUT2D eigenvalue weighted by Gasteiger charge is -2.08. The molecule has 3 aromatic heterocycles. The van der Waals surface area contributed by atoms with Crippen molar-refractivity contribution < 1.29 is 13.2 Å². The summed E-state index contributed by atoms with van der Waals surface area (Å²) in [4.78, 5) is 37.8. The highest BCUT2D eigenvalue weighted by Crippen LogP contribution is 2.26. The first-order valence-electron chi connectivity index (χ1n) is 9.87. The Labute approximate surface area is 203 Å². The Kier molecular flexibility index (Phi) is 6.60. The Morgan fingerprint density at radius 1 is 1.18 bits per heavy atom. The molecular formula is C22H18ClN5O4S2. The molecular weight excluding hydrogens is 498 g/mol. The van der Waals surface area contributed by atoms with Crippen LogP contribution in [-0.4, -0.2) is 47.4 Å². The lowest BCUT2D eigenvalue weighted by Crippen LogP contribution is -2.21. The first kappa shape index (κ1) is 23.7. The van der Waals surface area contributed by atoms with Gasteiger partial charge in [0.25, 0.3) is 5.56 Å². The molecule has 0 spiro atoms. The zero-order chi connectivity index (χ0) is 24.5. The monoisotopic (exact) mass is 515 g/mol. The summed E-state index contributed by atoms with van der Waals surface area (Å²) in [5.74, 6) is -0.453. The molecule has 4 rings (SSSR count). The summed E-state index contributed by atoms with van der Waals surface area (Å²) in [6.07, 6.45) is 2.68. The Bertz CT molecular complexity index is 1590. The average molecular weight is 516 g/mol. The molecule has 0 bridgehead atoms. The number of thiophene rings is 1. The number of amidine groups is 1. The van der Waals surface area contributed by atoms with Gasteiger partial charge in [0.15, 0.2) is 15.6 Å². The largest absolute Gasteiger partial charge is 0.384 e. The van der Waals surface area contributed by atoms with Gasteiger partial charge in [-0.2, -0.15) is 0 Å². The van der Waals surface area contributed by atoms with E-state index in [4.69, 9.17) is 17.3 Å². The van der Waals surface area contributed by atoms with Gasteiger partial charge >= 0.3 is 0 Å². The fourth-order valence-corrected chi connectivity index (χ4v) is 6.07. The molecule has 0 aliphatic carbocycles. The summed E-state index contributed by atoms with van der Waals surface area (Å²) >= 11 is 6.70. The fraction of sp³-hybridized carbons (Fsp3) is 0.136. The predicted octanol–water partition coefficient (Wildman–Crippen LogP) is 2.42. The van der Waals surface area contributed by atoms with E-state index in [0.29, 0.717) is 38.0 Å². The number of aromatic nitrogens is 3. The van der Waals surface area contributed by atoms with Crippen molar-refractivity contribution >= 4 is 55.3 Å². The van der Waals surface area contributed by atoms with Gasteiger partial charge in [-0.1, -0.05) is 23.7 Å². The fourth-order valence-electron chi connectivity index (χ4n) is 3.26. The molecule has 0 unspecified atom stereocenters. The van der Waals surface area contributed by atoms with Gasteiger partial charge in [0.05, 0.1) is 15.2 Å². The van der Waals surface area contributed by atoms with Gasteiger partial charge < -0.3 is 5.73 Å². The van der Waals surface area contributed by atoms with Crippen LogP contribution in [0.2, 0.25) is 4.34 Å². The summed E-state index contributed by atoms with van der Waals surface area (Å²) < 4.78 is 26.4. The lowest BCUT2D eigenvalue weighted by molar-refractivity contribution is -0.116. The second-order valence-electron chi connectivity index (χ2n) is 7.32. The second-order valence-corrected chi connectivity index (χ2v) is 11.2. The first-order valence-corrected chi connectivity index (χ1v) is 12.7. The maximum Gasteiger partial charge on any atom is 0.266 e. The second kappa shape index (κ2) is 9.45. The zero-order valence-electron chi connectivity index (χ0n) is 17.8. The number of nitrogens with two attached hydrogens (primary N) is 1. The van der Waals surface area contributed by atoms with Gasteiger partial charge in [-0.15, -0.1) is 11.3 Å². The van der Waals surface area contributed by atoms with Crippen molar-refractivity contribution in [3.63, 3.8) is 0 Å². The summed E-state index contributed by atoms with van der Waals surface area (Å²) in [5.41, 5.74) is 7.16. The third-order valence-corrected chi connectivity index (χ3v) is 8.45. The van der Waals surface area contributed by atoms with E-state index in [1.165, 1.54) is 29.2 Å². The number of pyridine rings is 1.